The average Bonchev–Trinajstić information content (AvgIpc) is 3.03. The lowest BCUT2D eigenvalue weighted by atomic mass is 10.1. The Labute approximate surface area is 184 Å². The van der Waals surface area contributed by atoms with Crippen LogP contribution in [0.5, 0.6) is 5.75 Å². The summed E-state index contributed by atoms with van der Waals surface area (Å²) < 4.78 is 10.1. The first-order chi connectivity index (χ1) is 14.7. The van der Waals surface area contributed by atoms with Crippen LogP contribution < -0.4 is 15.2 Å². The fraction of sp³-hybridized carbons (Fsp3) is 0.150. The molecule has 2 aromatic rings. The zero-order chi connectivity index (χ0) is 22.7. The highest BCUT2D eigenvalue weighted by Gasteiger charge is 2.34. The molecule has 0 aliphatic carbocycles. The number of carbonyl (C=O) groups is 3. The monoisotopic (exact) mass is 489 g/mol. The lowest BCUT2D eigenvalue weighted by molar-refractivity contribution is -0.386. The second kappa shape index (κ2) is 8.96. The second-order valence-electron chi connectivity index (χ2n) is 6.37. The van der Waals surface area contributed by atoms with Crippen LogP contribution in [-0.4, -0.2) is 35.9 Å². The minimum absolute atomic E-state index is 0.162. The zero-order valence-electron chi connectivity index (χ0n) is 16.3. The Morgan fingerprint density at radius 2 is 1.94 bits per heavy atom. The third-order valence-electron chi connectivity index (χ3n) is 4.29. The summed E-state index contributed by atoms with van der Waals surface area (Å²) >= 11 is 3.19. The molecule has 1 saturated heterocycles. The number of benzene rings is 2. The summed E-state index contributed by atoms with van der Waals surface area (Å²) in [5.41, 5.74) is 2.49. The smallest absolute Gasteiger partial charge is 0.346 e. The third-order valence-corrected chi connectivity index (χ3v) is 4.88. The van der Waals surface area contributed by atoms with Gasteiger partial charge in [0.15, 0.2) is 6.10 Å². The van der Waals surface area contributed by atoms with Crippen LogP contribution in [0.2, 0.25) is 0 Å². The maximum atomic E-state index is 12.7. The van der Waals surface area contributed by atoms with Crippen LogP contribution in [0, 0.1) is 10.1 Å². The zero-order valence-corrected chi connectivity index (χ0v) is 17.9. The molecule has 10 nitrogen and oxygen atoms in total. The van der Waals surface area contributed by atoms with Gasteiger partial charge >= 0.3 is 11.7 Å². The minimum Gasteiger partial charge on any atom is -0.471 e. The molecular weight excluding hydrogens is 474 g/mol. The van der Waals surface area contributed by atoms with E-state index in [0.717, 1.165) is 11.1 Å². The molecule has 1 fully saturated rings. The number of methoxy groups -OCH3 is 1. The van der Waals surface area contributed by atoms with Crippen LogP contribution in [0.4, 0.5) is 11.4 Å². The molecular formula is C20H16BrN3O7. The van der Waals surface area contributed by atoms with Crippen molar-refractivity contribution in [1.29, 1.82) is 0 Å². The van der Waals surface area contributed by atoms with Crippen molar-refractivity contribution < 1.29 is 28.8 Å². The van der Waals surface area contributed by atoms with Gasteiger partial charge < -0.3 is 9.47 Å². The van der Waals surface area contributed by atoms with Crippen molar-refractivity contribution in [1.82, 2.24) is 5.43 Å². The summed E-state index contributed by atoms with van der Waals surface area (Å²) in [6.07, 6.45) is 0.150. The van der Waals surface area contributed by atoms with Gasteiger partial charge in [-0.05, 0) is 52.7 Å². The van der Waals surface area contributed by atoms with Gasteiger partial charge in [-0.25, -0.2) is 9.80 Å². The molecule has 1 unspecified atom stereocenters. The van der Waals surface area contributed by atoms with Crippen molar-refractivity contribution in [3.63, 3.8) is 0 Å². The fourth-order valence-corrected chi connectivity index (χ4v) is 3.37. The summed E-state index contributed by atoms with van der Waals surface area (Å²) in [4.78, 5) is 47.5. The van der Waals surface area contributed by atoms with Crippen LogP contribution in [0.1, 0.15) is 12.5 Å². The van der Waals surface area contributed by atoms with Gasteiger partial charge in [0, 0.05) is 6.07 Å². The molecule has 0 saturated carbocycles. The number of ether oxygens (including phenoxy) is 2. The largest absolute Gasteiger partial charge is 0.471 e. The van der Waals surface area contributed by atoms with Gasteiger partial charge in [0.25, 0.3) is 11.8 Å². The predicted molar refractivity (Wildman–Crippen MR) is 113 cm³/mol. The van der Waals surface area contributed by atoms with Crippen LogP contribution in [0.15, 0.2) is 52.5 Å². The highest BCUT2D eigenvalue weighted by Crippen LogP contribution is 2.38. The first-order valence-electron chi connectivity index (χ1n) is 8.87. The fourth-order valence-electron chi connectivity index (χ4n) is 2.81. The number of halogens is 1. The Hall–Kier alpha value is -3.73. The predicted octanol–water partition coefficient (Wildman–Crippen LogP) is 2.76. The summed E-state index contributed by atoms with van der Waals surface area (Å²) in [7, 11) is 1.17. The van der Waals surface area contributed by atoms with E-state index in [1.807, 2.05) is 0 Å². The normalized spacial score (nSPS) is 15.6. The van der Waals surface area contributed by atoms with Crippen molar-refractivity contribution in [3.8, 4) is 5.75 Å². The summed E-state index contributed by atoms with van der Waals surface area (Å²) in [5, 5.41) is 12.7. The maximum Gasteiger partial charge on any atom is 0.346 e. The van der Waals surface area contributed by atoms with Crippen LogP contribution >= 0.6 is 15.9 Å². The molecule has 160 valence electrons. The highest BCUT2D eigenvalue weighted by atomic mass is 79.9. The standard InChI is InChI=1S/C20H16BrN3O7/c1-11(20(27)30-2)31-17-15(21)9-12(10-16(17)24(28)29)8-14-18(25)22-23(19(14)26)13-6-4-3-5-7-13/h3-11H,1-2H3,(H,22,25). The van der Waals surface area contributed by atoms with Crippen molar-refractivity contribution in [2.24, 2.45) is 0 Å². The van der Waals surface area contributed by atoms with E-state index in [-0.39, 0.29) is 21.4 Å². The Balaban J connectivity index is 1.97. The van der Waals surface area contributed by atoms with Crippen molar-refractivity contribution >= 4 is 51.2 Å². The van der Waals surface area contributed by atoms with Crippen LogP contribution in [-0.2, 0) is 19.1 Å². The molecule has 1 heterocycles. The number of hydrogen-bond acceptors (Lipinski definition) is 7. The first-order valence-corrected chi connectivity index (χ1v) is 9.66. The number of nitrogens with zero attached hydrogens (tertiary/aromatic N) is 2. The van der Waals surface area contributed by atoms with Gasteiger partial charge in [-0.1, -0.05) is 18.2 Å². The van der Waals surface area contributed by atoms with Crippen molar-refractivity contribution in [2.75, 3.05) is 12.1 Å². The van der Waals surface area contributed by atoms with Crippen molar-refractivity contribution in [2.45, 2.75) is 13.0 Å². The Morgan fingerprint density at radius 1 is 1.26 bits per heavy atom. The van der Waals surface area contributed by atoms with E-state index in [0.29, 0.717) is 5.69 Å². The lowest BCUT2D eigenvalue weighted by Gasteiger charge is -2.14. The van der Waals surface area contributed by atoms with Crippen LogP contribution in [0.25, 0.3) is 6.08 Å². The molecule has 1 atom stereocenters. The van der Waals surface area contributed by atoms with E-state index in [4.69, 9.17) is 4.74 Å². The number of amides is 2. The van der Waals surface area contributed by atoms with E-state index in [9.17, 15) is 24.5 Å². The average molecular weight is 490 g/mol. The van der Waals surface area contributed by atoms with Gasteiger partial charge in [0.1, 0.15) is 5.57 Å². The number of anilines is 1. The molecule has 0 bridgehead atoms. The summed E-state index contributed by atoms with van der Waals surface area (Å²) in [6.45, 7) is 1.39. The molecule has 2 aromatic carbocycles. The summed E-state index contributed by atoms with van der Waals surface area (Å²) in [6, 6.07) is 11.1. The lowest BCUT2D eigenvalue weighted by Crippen LogP contribution is -2.35. The number of nitrogens with one attached hydrogen (secondary N) is 1. The quantitative estimate of drug-likeness (QED) is 0.217. The van der Waals surface area contributed by atoms with Gasteiger partial charge in [0.05, 0.1) is 22.2 Å². The van der Waals surface area contributed by atoms with E-state index < -0.39 is 34.5 Å². The van der Waals surface area contributed by atoms with Gasteiger partial charge in [0.2, 0.25) is 5.75 Å². The second-order valence-corrected chi connectivity index (χ2v) is 7.22. The number of nitro groups is 1. The highest BCUT2D eigenvalue weighted by molar-refractivity contribution is 9.10. The molecule has 0 aromatic heterocycles. The van der Waals surface area contributed by atoms with Crippen LogP contribution in [0.3, 0.4) is 0 Å². The third kappa shape index (κ3) is 4.56. The number of para-hydroxylation sites is 1. The number of carbonyl (C=O) groups excluding carboxylic acids is 3. The Bertz CT molecular complexity index is 1100. The number of esters is 1. The number of hydrogen-bond donors (Lipinski definition) is 1. The minimum atomic E-state index is -1.09. The van der Waals surface area contributed by atoms with Gasteiger partial charge in [-0.15, -0.1) is 0 Å². The Morgan fingerprint density at radius 3 is 2.55 bits per heavy atom. The Kier molecular flexibility index (Phi) is 6.35. The molecule has 31 heavy (non-hydrogen) atoms. The van der Waals surface area contributed by atoms with E-state index >= 15 is 0 Å². The van der Waals surface area contributed by atoms with Gasteiger partial charge in [-0.3, -0.25) is 25.1 Å². The molecule has 11 heteroatoms. The first kappa shape index (κ1) is 22.0. The number of rotatable bonds is 6. The number of nitro benzene ring substituents is 1. The molecule has 1 aliphatic rings. The molecule has 2 amide bonds. The summed E-state index contributed by atoms with van der Waals surface area (Å²) in [5.74, 6) is -2.14. The maximum absolute atomic E-state index is 12.7. The number of hydrazine groups is 1. The molecule has 1 N–H and O–H groups in total. The molecule has 3 rings (SSSR count). The van der Waals surface area contributed by atoms with Gasteiger partial charge in [-0.2, -0.15) is 0 Å². The molecule has 0 radical (unpaired) electrons. The molecule has 1 aliphatic heterocycles. The topological polar surface area (TPSA) is 128 Å². The van der Waals surface area contributed by atoms with E-state index in [1.165, 1.54) is 26.2 Å². The van der Waals surface area contributed by atoms with Crippen molar-refractivity contribution in [3.05, 3.63) is 68.2 Å². The van der Waals surface area contributed by atoms with E-state index in [2.05, 4.69) is 26.1 Å². The SMILES string of the molecule is COC(=O)C(C)Oc1c(Br)cc(C=C2C(=O)NN(c3ccccc3)C2=O)cc1[N+](=O)[O-]. The van der Waals surface area contributed by atoms with E-state index in [1.54, 1.807) is 30.3 Å². The molecule has 0 spiro atoms.